The lowest BCUT2D eigenvalue weighted by molar-refractivity contribution is 0.248. The number of hydrogen-bond acceptors (Lipinski definition) is 5. The molecule has 1 aliphatic heterocycles. The van der Waals surface area contributed by atoms with E-state index in [9.17, 15) is 5.11 Å². The Balaban J connectivity index is 1.58. The van der Waals surface area contributed by atoms with Crippen LogP contribution in [0.3, 0.4) is 0 Å². The molecule has 0 unspecified atom stereocenters. The van der Waals surface area contributed by atoms with E-state index in [1.54, 1.807) is 6.07 Å². The third-order valence-electron chi connectivity index (χ3n) is 5.66. The zero-order valence-electron chi connectivity index (χ0n) is 17.4. The van der Waals surface area contributed by atoms with E-state index in [2.05, 4.69) is 29.7 Å². The molecule has 1 fully saturated rings. The van der Waals surface area contributed by atoms with Crippen LogP contribution >= 0.6 is 0 Å². The monoisotopic (exact) mass is 390 g/mol. The number of hydrogen-bond donors (Lipinski definition) is 1. The number of para-hydroxylation sites is 2. The lowest BCUT2D eigenvalue weighted by Crippen LogP contribution is -2.47. The van der Waals surface area contributed by atoms with Gasteiger partial charge in [0, 0.05) is 31.6 Å². The van der Waals surface area contributed by atoms with Crippen LogP contribution in [-0.2, 0) is 0 Å². The third kappa shape index (κ3) is 4.51. The molecule has 0 aliphatic carbocycles. The molecule has 0 radical (unpaired) electrons. The van der Waals surface area contributed by atoms with Crippen LogP contribution in [0.1, 0.15) is 26.7 Å². The maximum Gasteiger partial charge on any atom is 0.165 e. The summed E-state index contributed by atoms with van der Waals surface area (Å²) in [5, 5.41) is 11.4. The Morgan fingerprint density at radius 2 is 1.66 bits per heavy atom. The van der Waals surface area contributed by atoms with E-state index < -0.39 is 0 Å². The van der Waals surface area contributed by atoms with Crippen LogP contribution in [0.4, 0.5) is 5.82 Å². The average molecular weight is 391 g/mol. The van der Waals surface area contributed by atoms with Gasteiger partial charge in [-0.05, 0) is 49.6 Å². The number of piperazine rings is 1. The highest BCUT2D eigenvalue weighted by molar-refractivity contribution is 5.91. The molecule has 0 spiro atoms. The zero-order valence-corrected chi connectivity index (χ0v) is 17.4. The molecule has 0 bridgehead atoms. The number of fused-ring (bicyclic) bond motifs is 1. The van der Waals surface area contributed by atoms with Crippen LogP contribution in [0, 0.1) is 5.92 Å². The number of phenols is 1. The van der Waals surface area contributed by atoms with Crippen molar-refractivity contribution in [3.63, 3.8) is 0 Å². The maximum atomic E-state index is 10.3. The topological polar surface area (TPSA) is 52.5 Å². The van der Waals surface area contributed by atoms with Gasteiger partial charge in [0.15, 0.2) is 5.82 Å². The molecule has 1 saturated heterocycles. The van der Waals surface area contributed by atoms with Gasteiger partial charge >= 0.3 is 0 Å². The summed E-state index contributed by atoms with van der Waals surface area (Å²) >= 11 is 0. The summed E-state index contributed by atoms with van der Waals surface area (Å²) in [6, 6.07) is 15.4. The summed E-state index contributed by atoms with van der Waals surface area (Å²) in [6.07, 6.45) is 2.56. The van der Waals surface area contributed by atoms with Crippen LogP contribution in [0.5, 0.6) is 5.75 Å². The van der Waals surface area contributed by atoms with Gasteiger partial charge in [0.1, 0.15) is 11.6 Å². The molecule has 1 N–H and O–H groups in total. The van der Waals surface area contributed by atoms with Gasteiger partial charge in [-0.3, -0.25) is 4.90 Å². The number of rotatable bonds is 6. The van der Waals surface area contributed by atoms with Gasteiger partial charge < -0.3 is 10.0 Å². The van der Waals surface area contributed by atoms with Gasteiger partial charge in [0.2, 0.25) is 0 Å². The normalized spacial score (nSPS) is 15.3. The first-order chi connectivity index (χ1) is 14.1. The summed E-state index contributed by atoms with van der Waals surface area (Å²) < 4.78 is 0. The predicted molar refractivity (Wildman–Crippen MR) is 119 cm³/mol. The summed E-state index contributed by atoms with van der Waals surface area (Å²) in [4.78, 5) is 14.6. The molecule has 1 aromatic heterocycles. The number of phenolic OH excluding ortho intramolecular Hbond substituents is 1. The summed E-state index contributed by atoms with van der Waals surface area (Å²) in [5.41, 5.74) is 1.59. The van der Waals surface area contributed by atoms with Gasteiger partial charge in [0.05, 0.1) is 11.1 Å². The lowest BCUT2D eigenvalue weighted by atomic mass is 10.1. The van der Waals surface area contributed by atoms with Crippen molar-refractivity contribution in [3.8, 4) is 17.1 Å². The Hall–Kier alpha value is -2.66. The Labute approximate surface area is 173 Å². The van der Waals surface area contributed by atoms with Gasteiger partial charge in [-0.25, -0.2) is 9.97 Å². The molecule has 0 saturated carbocycles. The molecule has 4 rings (SSSR count). The van der Waals surface area contributed by atoms with Gasteiger partial charge in [-0.1, -0.05) is 38.1 Å². The SMILES string of the molecule is CC(C)CCCN1CCN(c2nc(-c3ccccc3O)nc3ccccc23)CC1. The highest BCUT2D eigenvalue weighted by atomic mass is 16.3. The molecule has 2 heterocycles. The second-order valence-electron chi connectivity index (χ2n) is 8.27. The fraction of sp³-hybridized carbons (Fsp3) is 0.417. The number of benzene rings is 2. The van der Waals surface area contributed by atoms with Crippen LogP contribution < -0.4 is 4.90 Å². The number of aromatic hydroxyl groups is 1. The van der Waals surface area contributed by atoms with E-state index in [1.807, 2.05) is 36.4 Å². The summed E-state index contributed by atoms with van der Waals surface area (Å²) in [6.45, 7) is 9.80. The molecule has 3 aromatic rings. The molecule has 5 nitrogen and oxygen atoms in total. The molecule has 1 aliphatic rings. The van der Waals surface area contributed by atoms with Crippen molar-refractivity contribution in [3.05, 3.63) is 48.5 Å². The first kappa shape index (κ1) is 19.6. The smallest absolute Gasteiger partial charge is 0.165 e. The van der Waals surface area contributed by atoms with Crippen molar-refractivity contribution in [2.75, 3.05) is 37.6 Å². The number of anilines is 1. The summed E-state index contributed by atoms with van der Waals surface area (Å²) in [5.74, 6) is 2.53. The molecular formula is C24H30N4O. The van der Waals surface area contributed by atoms with Gasteiger partial charge in [-0.15, -0.1) is 0 Å². The second-order valence-corrected chi connectivity index (χ2v) is 8.27. The van der Waals surface area contributed by atoms with E-state index in [1.165, 1.54) is 19.4 Å². The van der Waals surface area contributed by atoms with Crippen molar-refractivity contribution in [2.24, 2.45) is 5.92 Å². The van der Waals surface area contributed by atoms with Crippen molar-refractivity contribution in [1.82, 2.24) is 14.9 Å². The second kappa shape index (κ2) is 8.78. The Bertz CT molecular complexity index is 964. The van der Waals surface area contributed by atoms with E-state index in [0.29, 0.717) is 11.4 Å². The fourth-order valence-corrected chi connectivity index (χ4v) is 3.99. The highest BCUT2D eigenvalue weighted by Gasteiger charge is 2.21. The fourth-order valence-electron chi connectivity index (χ4n) is 3.99. The molecule has 5 heteroatoms. The minimum absolute atomic E-state index is 0.212. The lowest BCUT2D eigenvalue weighted by Gasteiger charge is -2.36. The van der Waals surface area contributed by atoms with Crippen molar-refractivity contribution in [2.45, 2.75) is 26.7 Å². The molecule has 2 aromatic carbocycles. The number of aromatic nitrogens is 2. The summed E-state index contributed by atoms with van der Waals surface area (Å²) in [7, 11) is 0. The van der Waals surface area contributed by atoms with Crippen molar-refractivity contribution >= 4 is 16.7 Å². The standard InChI is InChI=1S/C24H30N4O/c1-18(2)8-7-13-27-14-16-28(17-15-27)24-19-9-3-5-11-21(19)25-23(26-24)20-10-4-6-12-22(20)29/h3-6,9-12,18,29H,7-8,13-17H2,1-2H3. The van der Waals surface area contributed by atoms with Crippen LogP contribution in [0.25, 0.3) is 22.3 Å². The van der Waals surface area contributed by atoms with Gasteiger partial charge in [-0.2, -0.15) is 0 Å². The quantitative estimate of drug-likeness (QED) is 0.669. The molecular weight excluding hydrogens is 360 g/mol. The van der Waals surface area contributed by atoms with E-state index >= 15 is 0 Å². The first-order valence-electron chi connectivity index (χ1n) is 10.6. The minimum Gasteiger partial charge on any atom is -0.507 e. The average Bonchev–Trinajstić information content (AvgIpc) is 2.73. The van der Waals surface area contributed by atoms with Crippen molar-refractivity contribution in [1.29, 1.82) is 0 Å². The van der Waals surface area contributed by atoms with Crippen LogP contribution in [-0.4, -0.2) is 52.7 Å². The molecule has 0 atom stereocenters. The predicted octanol–water partition coefficient (Wildman–Crippen LogP) is 4.56. The Morgan fingerprint density at radius 3 is 2.41 bits per heavy atom. The first-order valence-corrected chi connectivity index (χ1v) is 10.6. The Morgan fingerprint density at radius 1 is 0.931 bits per heavy atom. The van der Waals surface area contributed by atoms with Crippen LogP contribution in [0.2, 0.25) is 0 Å². The van der Waals surface area contributed by atoms with E-state index in [0.717, 1.165) is 48.8 Å². The van der Waals surface area contributed by atoms with E-state index in [-0.39, 0.29) is 5.75 Å². The Kier molecular flexibility index (Phi) is 5.95. The third-order valence-corrected chi connectivity index (χ3v) is 5.66. The minimum atomic E-state index is 0.212. The van der Waals surface area contributed by atoms with Gasteiger partial charge in [0.25, 0.3) is 0 Å². The van der Waals surface area contributed by atoms with Crippen LogP contribution in [0.15, 0.2) is 48.5 Å². The highest BCUT2D eigenvalue weighted by Crippen LogP contribution is 2.31. The molecule has 29 heavy (non-hydrogen) atoms. The van der Waals surface area contributed by atoms with E-state index in [4.69, 9.17) is 9.97 Å². The number of nitrogens with zero attached hydrogens (tertiary/aromatic N) is 4. The zero-order chi connectivity index (χ0) is 20.2. The largest absolute Gasteiger partial charge is 0.507 e. The maximum absolute atomic E-state index is 10.3. The molecule has 0 amide bonds. The molecule has 152 valence electrons. The van der Waals surface area contributed by atoms with Crippen molar-refractivity contribution < 1.29 is 5.11 Å².